The Morgan fingerprint density at radius 3 is 2.60 bits per heavy atom. The van der Waals surface area contributed by atoms with Gasteiger partial charge in [-0.2, -0.15) is 5.26 Å². The Morgan fingerprint density at radius 1 is 1.47 bits per heavy atom. The van der Waals surface area contributed by atoms with Crippen molar-refractivity contribution in [1.29, 1.82) is 5.26 Å². The van der Waals surface area contributed by atoms with Crippen LogP contribution in [0.25, 0.3) is 0 Å². The molecule has 0 N–H and O–H groups in total. The SMILES string of the molecule is COc1c(C#N)ccnc1OC(F)(F)F. The molecule has 1 aromatic heterocycles. The van der Waals surface area contributed by atoms with Crippen LogP contribution < -0.4 is 9.47 Å². The van der Waals surface area contributed by atoms with Gasteiger partial charge in [-0.1, -0.05) is 0 Å². The second-order valence-corrected chi connectivity index (χ2v) is 2.36. The first-order chi connectivity index (χ1) is 6.98. The molecular weight excluding hydrogens is 213 g/mol. The Hall–Kier alpha value is -1.97. The van der Waals surface area contributed by atoms with E-state index in [9.17, 15) is 13.2 Å². The summed E-state index contributed by atoms with van der Waals surface area (Å²) >= 11 is 0. The highest BCUT2D eigenvalue weighted by atomic mass is 19.4. The van der Waals surface area contributed by atoms with Gasteiger partial charge in [0.25, 0.3) is 5.88 Å². The van der Waals surface area contributed by atoms with Crippen molar-refractivity contribution in [3.8, 4) is 17.7 Å². The molecule has 7 heteroatoms. The molecule has 0 radical (unpaired) electrons. The van der Waals surface area contributed by atoms with Gasteiger partial charge in [0.15, 0.2) is 5.75 Å². The van der Waals surface area contributed by atoms with E-state index in [0.29, 0.717) is 0 Å². The van der Waals surface area contributed by atoms with Gasteiger partial charge in [-0.25, -0.2) is 4.98 Å². The van der Waals surface area contributed by atoms with E-state index in [-0.39, 0.29) is 11.3 Å². The quantitative estimate of drug-likeness (QED) is 0.760. The van der Waals surface area contributed by atoms with E-state index in [4.69, 9.17) is 5.26 Å². The maximum atomic E-state index is 11.9. The van der Waals surface area contributed by atoms with E-state index >= 15 is 0 Å². The summed E-state index contributed by atoms with van der Waals surface area (Å²) in [5.74, 6) is -1.11. The normalized spacial score (nSPS) is 10.6. The molecular formula is C8H5F3N2O2. The molecule has 1 heterocycles. The molecule has 0 fully saturated rings. The summed E-state index contributed by atoms with van der Waals surface area (Å²) in [6, 6.07) is 2.88. The molecule has 15 heavy (non-hydrogen) atoms. The predicted molar refractivity (Wildman–Crippen MR) is 42.2 cm³/mol. The van der Waals surface area contributed by atoms with E-state index in [1.165, 1.54) is 6.07 Å². The van der Waals surface area contributed by atoms with Crippen LogP contribution in [-0.4, -0.2) is 18.5 Å². The molecule has 0 aliphatic carbocycles. The Balaban J connectivity index is 3.14. The van der Waals surface area contributed by atoms with Crippen molar-refractivity contribution in [2.75, 3.05) is 7.11 Å². The minimum atomic E-state index is -4.87. The minimum absolute atomic E-state index is 0.0771. The Bertz CT molecular complexity index is 398. The summed E-state index contributed by atoms with van der Waals surface area (Å²) in [5.41, 5.74) is -0.0771. The molecule has 1 aromatic rings. The van der Waals surface area contributed by atoms with Crippen LogP contribution >= 0.6 is 0 Å². The first kappa shape index (κ1) is 11.1. The first-order valence-corrected chi connectivity index (χ1v) is 3.66. The number of pyridine rings is 1. The molecule has 0 aliphatic heterocycles. The topological polar surface area (TPSA) is 55.1 Å². The van der Waals surface area contributed by atoms with Crippen molar-refractivity contribution in [2.24, 2.45) is 0 Å². The fraction of sp³-hybridized carbons (Fsp3) is 0.250. The standard InChI is InChI=1S/C8H5F3N2O2/c1-14-6-5(4-12)2-3-13-7(6)15-8(9,10)11/h2-3H,1H3. The van der Waals surface area contributed by atoms with E-state index in [0.717, 1.165) is 13.3 Å². The Labute approximate surface area is 82.9 Å². The molecule has 1 rings (SSSR count). The molecule has 0 unspecified atom stereocenters. The fourth-order valence-corrected chi connectivity index (χ4v) is 0.897. The van der Waals surface area contributed by atoms with Crippen molar-refractivity contribution in [3.63, 3.8) is 0 Å². The van der Waals surface area contributed by atoms with Crippen molar-refractivity contribution < 1.29 is 22.6 Å². The lowest BCUT2D eigenvalue weighted by atomic mass is 10.2. The highest BCUT2D eigenvalue weighted by molar-refractivity contribution is 5.48. The molecule has 0 aromatic carbocycles. The van der Waals surface area contributed by atoms with Gasteiger partial charge in [0, 0.05) is 6.20 Å². The summed E-state index contributed by atoms with van der Waals surface area (Å²) in [4.78, 5) is 3.33. The van der Waals surface area contributed by atoms with E-state index in [1.54, 1.807) is 6.07 Å². The van der Waals surface area contributed by atoms with Gasteiger partial charge in [0.05, 0.1) is 7.11 Å². The smallest absolute Gasteiger partial charge is 0.490 e. The molecule has 0 spiro atoms. The third-order valence-electron chi connectivity index (χ3n) is 1.41. The zero-order valence-corrected chi connectivity index (χ0v) is 7.50. The van der Waals surface area contributed by atoms with E-state index in [2.05, 4.69) is 14.5 Å². The molecule has 0 atom stereocenters. The largest absolute Gasteiger partial charge is 0.574 e. The number of methoxy groups -OCH3 is 1. The fourth-order valence-electron chi connectivity index (χ4n) is 0.897. The number of aromatic nitrogens is 1. The number of nitrogens with zero attached hydrogens (tertiary/aromatic N) is 2. The average molecular weight is 218 g/mol. The van der Waals surface area contributed by atoms with Gasteiger partial charge in [0.1, 0.15) is 11.6 Å². The third kappa shape index (κ3) is 2.74. The lowest BCUT2D eigenvalue weighted by Gasteiger charge is -2.11. The van der Waals surface area contributed by atoms with Crippen LogP contribution in [0.4, 0.5) is 13.2 Å². The summed E-state index contributed by atoms with van der Waals surface area (Å²) < 4.78 is 43.9. The lowest BCUT2D eigenvalue weighted by Crippen LogP contribution is -2.18. The molecule has 0 amide bonds. The van der Waals surface area contributed by atoms with Gasteiger partial charge >= 0.3 is 6.36 Å². The van der Waals surface area contributed by atoms with Crippen LogP contribution in [0.5, 0.6) is 11.6 Å². The van der Waals surface area contributed by atoms with Crippen LogP contribution in [0.2, 0.25) is 0 Å². The maximum Gasteiger partial charge on any atom is 0.574 e. The lowest BCUT2D eigenvalue weighted by molar-refractivity contribution is -0.276. The molecule has 80 valence electrons. The van der Waals surface area contributed by atoms with Gasteiger partial charge in [-0.15, -0.1) is 13.2 Å². The number of ether oxygens (including phenoxy) is 2. The highest BCUT2D eigenvalue weighted by Crippen LogP contribution is 2.32. The minimum Gasteiger partial charge on any atom is -0.490 e. The molecule has 0 saturated heterocycles. The van der Waals surface area contributed by atoms with Crippen LogP contribution in [0.1, 0.15) is 5.56 Å². The number of nitriles is 1. The zero-order valence-electron chi connectivity index (χ0n) is 7.50. The van der Waals surface area contributed by atoms with Crippen molar-refractivity contribution in [3.05, 3.63) is 17.8 Å². The van der Waals surface area contributed by atoms with E-state index < -0.39 is 12.2 Å². The van der Waals surface area contributed by atoms with Gasteiger partial charge < -0.3 is 9.47 Å². The summed E-state index contributed by atoms with van der Waals surface area (Å²) in [6.07, 6.45) is -3.84. The first-order valence-electron chi connectivity index (χ1n) is 3.66. The van der Waals surface area contributed by atoms with Crippen molar-refractivity contribution in [1.82, 2.24) is 4.98 Å². The summed E-state index contributed by atoms with van der Waals surface area (Å²) in [5, 5.41) is 8.58. The number of rotatable bonds is 2. The van der Waals surface area contributed by atoms with Crippen molar-refractivity contribution >= 4 is 0 Å². The van der Waals surface area contributed by atoms with Gasteiger partial charge in [0.2, 0.25) is 0 Å². The average Bonchev–Trinajstić information content (AvgIpc) is 2.15. The number of alkyl halides is 3. The Kier molecular flexibility index (Phi) is 2.99. The molecule has 0 bridgehead atoms. The highest BCUT2D eigenvalue weighted by Gasteiger charge is 2.33. The number of hydrogen-bond donors (Lipinski definition) is 0. The van der Waals surface area contributed by atoms with Crippen LogP contribution in [0.3, 0.4) is 0 Å². The van der Waals surface area contributed by atoms with Crippen molar-refractivity contribution in [2.45, 2.75) is 6.36 Å². The summed E-state index contributed by atoms with van der Waals surface area (Å²) in [6.45, 7) is 0. The Morgan fingerprint density at radius 2 is 2.13 bits per heavy atom. The second kappa shape index (κ2) is 4.04. The number of hydrogen-bond acceptors (Lipinski definition) is 4. The summed E-state index contributed by atoms with van der Waals surface area (Å²) in [7, 11) is 1.13. The van der Waals surface area contributed by atoms with Gasteiger partial charge in [-0.05, 0) is 6.07 Å². The van der Waals surface area contributed by atoms with Crippen LogP contribution in [-0.2, 0) is 0 Å². The molecule has 0 aliphatic rings. The zero-order chi connectivity index (χ0) is 11.5. The van der Waals surface area contributed by atoms with E-state index in [1.807, 2.05) is 0 Å². The van der Waals surface area contributed by atoms with Crippen LogP contribution in [0, 0.1) is 11.3 Å². The van der Waals surface area contributed by atoms with Crippen LogP contribution in [0.15, 0.2) is 12.3 Å². The molecule has 0 saturated carbocycles. The predicted octanol–water partition coefficient (Wildman–Crippen LogP) is 1.86. The third-order valence-corrected chi connectivity index (χ3v) is 1.41. The van der Waals surface area contributed by atoms with Gasteiger partial charge in [-0.3, -0.25) is 0 Å². The number of halogens is 3. The molecule has 4 nitrogen and oxygen atoms in total. The maximum absolute atomic E-state index is 11.9. The second-order valence-electron chi connectivity index (χ2n) is 2.36. The monoisotopic (exact) mass is 218 g/mol.